The third-order valence-electron chi connectivity index (χ3n) is 8.64. The van der Waals surface area contributed by atoms with Gasteiger partial charge in [0.25, 0.3) is 0 Å². The lowest BCUT2D eigenvalue weighted by atomic mass is 9.87. The fourth-order valence-electron chi connectivity index (χ4n) is 6.31. The van der Waals surface area contributed by atoms with E-state index in [0.29, 0.717) is 34.9 Å². The SMILES string of the molecule is Cn1c(-c2ccc(S(C)(=O)=O)cc2)nc2cc(C3CCN(C4CCN(C5COC5)CC4)CC3)cc(F)c21. The van der Waals surface area contributed by atoms with Gasteiger partial charge < -0.3 is 14.2 Å². The van der Waals surface area contributed by atoms with E-state index in [1.807, 2.05) is 6.07 Å². The summed E-state index contributed by atoms with van der Waals surface area (Å²) in [4.78, 5) is 10.3. The Morgan fingerprint density at radius 2 is 1.54 bits per heavy atom. The quantitative estimate of drug-likeness (QED) is 0.504. The zero-order chi connectivity index (χ0) is 25.7. The van der Waals surface area contributed by atoms with Crippen LogP contribution in [0.1, 0.15) is 37.2 Å². The number of ether oxygens (including phenoxy) is 1. The zero-order valence-electron chi connectivity index (χ0n) is 21.6. The minimum absolute atomic E-state index is 0.253. The van der Waals surface area contributed by atoms with Gasteiger partial charge in [-0.15, -0.1) is 0 Å². The molecule has 3 saturated heterocycles. The first-order valence-corrected chi connectivity index (χ1v) is 15.2. The Balaban J connectivity index is 1.15. The number of imidazole rings is 1. The molecule has 2 aromatic carbocycles. The Morgan fingerprint density at radius 1 is 0.919 bits per heavy atom. The van der Waals surface area contributed by atoms with E-state index in [1.165, 1.54) is 32.2 Å². The number of fused-ring (bicyclic) bond motifs is 1. The van der Waals surface area contributed by atoms with E-state index in [0.717, 1.165) is 50.3 Å². The van der Waals surface area contributed by atoms with Crippen LogP contribution in [0.2, 0.25) is 0 Å². The van der Waals surface area contributed by atoms with Gasteiger partial charge in [0.05, 0.1) is 29.7 Å². The van der Waals surface area contributed by atoms with Gasteiger partial charge in [0.1, 0.15) is 17.2 Å². The Hall–Kier alpha value is -2.33. The van der Waals surface area contributed by atoms with E-state index >= 15 is 4.39 Å². The van der Waals surface area contributed by atoms with Crippen LogP contribution in [0.5, 0.6) is 0 Å². The maximum atomic E-state index is 15.4. The largest absolute Gasteiger partial charge is 0.378 e. The molecule has 4 heterocycles. The molecule has 3 fully saturated rings. The molecule has 3 aliphatic rings. The minimum atomic E-state index is -3.27. The van der Waals surface area contributed by atoms with Gasteiger partial charge in [-0.25, -0.2) is 17.8 Å². The van der Waals surface area contributed by atoms with Crippen LogP contribution < -0.4 is 0 Å². The Labute approximate surface area is 218 Å². The van der Waals surface area contributed by atoms with Gasteiger partial charge in [-0.05, 0) is 86.7 Å². The van der Waals surface area contributed by atoms with Gasteiger partial charge in [0.2, 0.25) is 0 Å². The lowest BCUT2D eigenvalue weighted by Crippen LogP contribution is -2.55. The molecule has 0 atom stereocenters. The van der Waals surface area contributed by atoms with Gasteiger partial charge in [-0.2, -0.15) is 0 Å². The molecular formula is C28H35FN4O3S. The minimum Gasteiger partial charge on any atom is -0.378 e. The summed E-state index contributed by atoms with van der Waals surface area (Å²) in [5.74, 6) is 0.707. The number of sulfone groups is 1. The van der Waals surface area contributed by atoms with Crippen molar-refractivity contribution in [2.75, 3.05) is 45.6 Å². The highest BCUT2D eigenvalue weighted by Crippen LogP contribution is 2.35. The van der Waals surface area contributed by atoms with Crippen LogP contribution in [-0.4, -0.2) is 85.5 Å². The predicted molar refractivity (Wildman–Crippen MR) is 142 cm³/mol. The van der Waals surface area contributed by atoms with Crippen LogP contribution in [0.15, 0.2) is 41.3 Å². The number of aryl methyl sites for hydroxylation is 1. The lowest BCUT2D eigenvalue weighted by molar-refractivity contribution is -0.0768. The first kappa shape index (κ1) is 25.0. The van der Waals surface area contributed by atoms with Gasteiger partial charge in [-0.1, -0.05) is 0 Å². The molecule has 0 bridgehead atoms. The van der Waals surface area contributed by atoms with Gasteiger partial charge in [0, 0.05) is 38.0 Å². The van der Waals surface area contributed by atoms with Crippen molar-refractivity contribution in [3.8, 4) is 11.4 Å². The molecule has 0 saturated carbocycles. The number of rotatable bonds is 5. The molecule has 0 spiro atoms. The molecule has 7 nitrogen and oxygen atoms in total. The molecule has 3 aliphatic heterocycles. The monoisotopic (exact) mass is 526 g/mol. The Bertz CT molecular complexity index is 1390. The predicted octanol–water partition coefficient (Wildman–Crippen LogP) is 3.83. The molecular weight excluding hydrogens is 491 g/mol. The average Bonchev–Trinajstić information content (AvgIpc) is 3.20. The molecule has 6 rings (SSSR count). The zero-order valence-corrected chi connectivity index (χ0v) is 22.4. The first-order valence-electron chi connectivity index (χ1n) is 13.3. The Morgan fingerprint density at radius 3 is 2.14 bits per heavy atom. The molecule has 1 aromatic heterocycles. The van der Waals surface area contributed by atoms with Crippen molar-refractivity contribution in [1.82, 2.24) is 19.4 Å². The van der Waals surface area contributed by atoms with Crippen LogP contribution in [-0.2, 0) is 21.6 Å². The summed E-state index contributed by atoms with van der Waals surface area (Å²) >= 11 is 0. The standard InChI is InChI=1S/C28H35FN4O3S/c1-31-27-25(29)15-21(16-26(27)30-28(31)20-3-5-24(6-4-20)37(2,34)35)19-7-11-32(12-8-19)22-9-13-33(14-10-22)23-17-36-18-23/h3-6,15-16,19,22-23H,7-14,17-18H2,1-2H3. The highest BCUT2D eigenvalue weighted by molar-refractivity contribution is 7.90. The fourth-order valence-corrected chi connectivity index (χ4v) is 6.94. The van der Waals surface area contributed by atoms with Crippen LogP contribution in [0.4, 0.5) is 4.39 Å². The summed E-state index contributed by atoms with van der Waals surface area (Å²) < 4.78 is 46.1. The molecule has 0 unspecified atom stereocenters. The molecule has 0 N–H and O–H groups in total. The molecule has 198 valence electrons. The molecule has 9 heteroatoms. The second-order valence-electron chi connectivity index (χ2n) is 10.9. The number of benzene rings is 2. The van der Waals surface area contributed by atoms with Gasteiger partial charge in [-0.3, -0.25) is 4.90 Å². The van der Waals surface area contributed by atoms with Crippen molar-refractivity contribution >= 4 is 20.9 Å². The van der Waals surface area contributed by atoms with Crippen molar-refractivity contribution in [2.24, 2.45) is 7.05 Å². The molecule has 37 heavy (non-hydrogen) atoms. The van der Waals surface area contributed by atoms with E-state index < -0.39 is 9.84 Å². The van der Waals surface area contributed by atoms with Gasteiger partial charge in [0.15, 0.2) is 9.84 Å². The maximum Gasteiger partial charge on any atom is 0.175 e. The smallest absolute Gasteiger partial charge is 0.175 e. The van der Waals surface area contributed by atoms with Crippen LogP contribution >= 0.6 is 0 Å². The number of piperidine rings is 2. The number of hydrogen-bond donors (Lipinski definition) is 0. The average molecular weight is 527 g/mol. The number of hydrogen-bond acceptors (Lipinski definition) is 6. The normalized spacial score (nSPS) is 21.5. The van der Waals surface area contributed by atoms with Crippen molar-refractivity contribution in [3.63, 3.8) is 0 Å². The van der Waals surface area contributed by atoms with Crippen molar-refractivity contribution in [1.29, 1.82) is 0 Å². The number of nitrogens with zero attached hydrogens (tertiary/aromatic N) is 4. The fraction of sp³-hybridized carbons (Fsp3) is 0.536. The summed E-state index contributed by atoms with van der Waals surface area (Å²) in [6.07, 6.45) is 5.71. The summed E-state index contributed by atoms with van der Waals surface area (Å²) in [5.41, 5.74) is 2.92. The van der Waals surface area contributed by atoms with E-state index in [-0.39, 0.29) is 10.7 Å². The second-order valence-corrected chi connectivity index (χ2v) is 12.9. The number of halogens is 1. The van der Waals surface area contributed by atoms with Crippen molar-refractivity contribution < 1.29 is 17.5 Å². The van der Waals surface area contributed by atoms with Crippen molar-refractivity contribution in [3.05, 3.63) is 47.8 Å². The van der Waals surface area contributed by atoms with E-state index in [1.54, 1.807) is 41.9 Å². The van der Waals surface area contributed by atoms with Crippen molar-refractivity contribution in [2.45, 2.75) is 48.6 Å². The van der Waals surface area contributed by atoms with Crippen LogP contribution in [0, 0.1) is 5.82 Å². The third kappa shape index (κ3) is 4.82. The summed E-state index contributed by atoms with van der Waals surface area (Å²) in [6.45, 7) is 6.23. The third-order valence-corrected chi connectivity index (χ3v) is 9.77. The summed E-state index contributed by atoms with van der Waals surface area (Å²) in [5, 5.41) is 0. The molecule has 0 amide bonds. The maximum absolute atomic E-state index is 15.4. The summed E-state index contributed by atoms with van der Waals surface area (Å²) in [6, 6.07) is 11.6. The van der Waals surface area contributed by atoms with E-state index in [9.17, 15) is 8.42 Å². The van der Waals surface area contributed by atoms with Crippen LogP contribution in [0.3, 0.4) is 0 Å². The molecule has 0 aliphatic carbocycles. The van der Waals surface area contributed by atoms with E-state index in [2.05, 4.69) is 9.80 Å². The van der Waals surface area contributed by atoms with E-state index in [4.69, 9.17) is 9.72 Å². The lowest BCUT2D eigenvalue weighted by Gasteiger charge is -2.45. The number of likely N-dealkylation sites (tertiary alicyclic amines) is 2. The number of aromatic nitrogens is 2. The topological polar surface area (TPSA) is 67.7 Å². The summed E-state index contributed by atoms with van der Waals surface area (Å²) in [7, 11) is -1.47. The Kier molecular flexibility index (Phi) is 6.59. The van der Waals surface area contributed by atoms with Gasteiger partial charge >= 0.3 is 0 Å². The molecule has 3 aromatic rings. The second kappa shape index (κ2) is 9.76. The highest BCUT2D eigenvalue weighted by atomic mass is 32.2. The first-order chi connectivity index (χ1) is 17.8. The van der Waals surface area contributed by atoms with Crippen LogP contribution in [0.25, 0.3) is 22.4 Å². The molecule has 0 radical (unpaired) electrons. The highest BCUT2D eigenvalue weighted by Gasteiger charge is 2.33.